The number of rotatable bonds is 1. The lowest BCUT2D eigenvalue weighted by molar-refractivity contribution is -0.152. The zero-order valence-electron chi connectivity index (χ0n) is 11.2. The summed E-state index contributed by atoms with van der Waals surface area (Å²) in [6.07, 6.45) is 0. The molecule has 0 spiro atoms. The van der Waals surface area contributed by atoms with Crippen molar-refractivity contribution in [3.63, 3.8) is 0 Å². The topological polar surface area (TPSA) is 73.6 Å². The summed E-state index contributed by atoms with van der Waals surface area (Å²) in [4.78, 5) is 19.2. The van der Waals surface area contributed by atoms with E-state index in [-0.39, 0.29) is 29.5 Å². The molecule has 0 atom stereocenters. The van der Waals surface area contributed by atoms with Gasteiger partial charge in [0.05, 0.1) is 5.60 Å². The second-order valence-electron chi connectivity index (χ2n) is 5.18. The van der Waals surface area contributed by atoms with Gasteiger partial charge in [-0.15, -0.1) is 17.9 Å². The summed E-state index contributed by atoms with van der Waals surface area (Å²) < 4.78 is 0. The average molecular weight is 257 g/mol. The number of nitrogens with one attached hydrogen (secondary N) is 1. The van der Waals surface area contributed by atoms with Crippen LogP contribution in [0.2, 0.25) is 0 Å². The maximum absolute atomic E-state index is 10.2. The summed E-state index contributed by atoms with van der Waals surface area (Å²) in [5.41, 5.74) is 2.23. The molecule has 0 radical (unpaired) electrons. The van der Waals surface area contributed by atoms with Gasteiger partial charge in [-0.2, -0.15) is 0 Å². The van der Waals surface area contributed by atoms with Gasteiger partial charge in [0.25, 0.3) is 0 Å². The highest BCUT2D eigenvalue weighted by molar-refractivity contribution is 5.85. The molecule has 0 amide bonds. The Morgan fingerprint density at radius 2 is 1.44 bits per heavy atom. The second kappa shape index (κ2) is 8.75. The van der Waals surface area contributed by atoms with Crippen molar-refractivity contribution in [1.82, 2.24) is 5.48 Å². The van der Waals surface area contributed by atoms with Crippen LogP contribution in [0.25, 0.3) is 0 Å². The Kier molecular flexibility index (Phi) is 11.5. The zero-order valence-corrected chi connectivity index (χ0v) is 12.0. The van der Waals surface area contributed by atoms with Crippen LogP contribution >= 0.6 is 12.4 Å². The summed E-state index contributed by atoms with van der Waals surface area (Å²) in [6.45, 7) is 12.8. The first-order valence-corrected chi connectivity index (χ1v) is 4.80. The Morgan fingerprint density at radius 3 is 1.50 bits per heavy atom. The minimum atomic E-state index is -0.315. The lowest BCUT2D eigenvalue weighted by atomic mass is 10.1. The molecule has 0 rings (SSSR count). The van der Waals surface area contributed by atoms with E-state index in [2.05, 4.69) is 15.2 Å². The molecule has 0 aromatic rings. The van der Waals surface area contributed by atoms with E-state index in [1.165, 1.54) is 6.92 Å². The van der Waals surface area contributed by atoms with Crippen LogP contribution in [0.15, 0.2) is 0 Å². The van der Waals surface area contributed by atoms with Crippen molar-refractivity contribution < 1.29 is 14.5 Å². The van der Waals surface area contributed by atoms with Crippen LogP contribution in [0.1, 0.15) is 48.5 Å². The highest BCUT2D eigenvalue weighted by Crippen LogP contribution is 2.00. The van der Waals surface area contributed by atoms with Crippen LogP contribution in [0.3, 0.4) is 0 Å². The Morgan fingerprint density at radius 1 is 1.12 bits per heavy atom. The summed E-state index contributed by atoms with van der Waals surface area (Å²) in [7, 11) is 0. The number of hydroxylamine groups is 1. The van der Waals surface area contributed by atoms with Crippen molar-refractivity contribution in [2.45, 2.75) is 59.6 Å². The lowest BCUT2D eigenvalue weighted by Gasteiger charge is -2.18. The number of hydrogen-bond donors (Lipinski definition) is 2. The average Bonchev–Trinajstić information content (AvgIpc) is 2.00. The number of halogens is 1. The van der Waals surface area contributed by atoms with E-state index in [4.69, 9.17) is 5.90 Å². The van der Waals surface area contributed by atoms with Gasteiger partial charge in [-0.3, -0.25) is 9.63 Å². The van der Waals surface area contributed by atoms with Crippen molar-refractivity contribution in [1.29, 1.82) is 0 Å². The van der Waals surface area contributed by atoms with Gasteiger partial charge < -0.3 is 4.84 Å². The monoisotopic (exact) mass is 256 g/mol. The predicted molar refractivity (Wildman–Crippen MR) is 66.9 cm³/mol. The van der Waals surface area contributed by atoms with Crippen LogP contribution in [0, 0.1) is 0 Å². The van der Waals surface area contributed by atoms with Crippen molar-refractivity contribution in [2.24, 2.45) is 5.90 Å². The van der Waals surface area contributed by atoms with Crippen molar-refractivity contribution >= 4 is 18.4 Å². The van der Waals surface area contributed by atoms with Crippen LogP contribution < -0.4 is 11.4 Å². The molecule has 100 valence electrons. The van der Waals surface area contributed by atoms with Gasteiger partial charge in [-0.1, -0.05) is 0 Å². The van der Waals surface area contributed by atoms with Crippen molar-refractivity contribution in [3.05, 3.63) is 0 Å². The number of hydrogen-bond acceptors (Lipinski definition) is 5. The lowest BCUT2D eigenvalue weighted by Crippen LogP contribution is -2.36. The molecule has 0 aliphatic rings. The van der Waals surface area contributed by atoms with Gasteiger partial charge in [0.2, 0.25) is 0 Å². The summed E-state index contributed by atoms with van der Waals surface area (Å²) in [5.74, 6) is 4.49. The van der Waals surface area contributed by atoms with Crippen molar-refractivity contribution in [2.75, 3.05) is 0 Å². The van der Waals surface area contributed by atoms with E-state index in [9.17, 15) is 4.79 Å². The Labute approximate surface area is 104 Å². The number of carbonyl (C=O) groups is 1. The Hall–Kier alpha value is -0.360. The fraction of sp³-hybridized carbons (Fsp3) is 0.900. The quantitative estimate of drug-likeness (QED) is 0.702. The van der Waals surface area contributed by atoms with E-state index in [0.717, 1.165) is 0 Å². The van der Waals surface area contributed by atoms with E-state index in [0.29, 0.717) is 0 Å². The third-order valence-corrected chi connectivity index (χ3v) is 0.854. The Bertz CT molecular complexity index is 185. The molecule has 6 heteroatoms. The van der Waals surface area contributed by atoms with Gasteiger partial charge in [-0.05, 0) is 41.5 Å². The first-order chi connectivity index (χ1) is 6.48. The second-order valence-corrected chi connectivity index (χ2v) is 5.18. The largest absolute Gasteiger partial charge is 0.371 e. The number of nitrogens with two attached hydrogens (primary N) is 1. The van der Waals surface area contributed by atoms with Gasteiger partial charge in [0.1, 0.15) is 0 Å². The summed E-state index contributed by atoms with van der Waals surface area (Å²) in [5, 5.41) is 0. The minimum Gasteiger partial charge on any atom is -0.371 e. The molecule has 0 aliphatic carbocycles. The molecule has 0 unspecified atom stereocenters. The normalized spacial score (nSPS) is 10.8. The van der Waals surface area contributed by atoms with E-state index in [1.54, 1.807) is 0 Å². The highest BCUT2D eigenvalue weighted by Gasteiger charge is 2.09. The molecule has 3 N–H and O–H groups in total. The first-order valence-electron chi connectivity index (χ1n) is 4.80. The molecule has 5 nitrogen and oxygen atoms in total. The summed E-state index contributed by atoms with van der Waals surface area (Å²) in [6, 6.07) is 0. The standard InChI is InChI=1S/C6H13NO2.C4H11NO.ClH/c1-5(8)9-7-6(2,3)4;1-4(2,3)6-5;/h7H,1-4H3;5H2,1-3H3;1H. The smallest absolute Gasteiger partial charge is 0.321 e. The van der Waals surface area contributed by atoms with Gasteiger partial charge in [0, 0.05) is 12.5 Å². The molecule has 0 saturated carbocycles. The molecule has 0 aromatic heterocycles. The predicted octanol–water partition coefficient (Wildman–Crippen LogP) is 1.95. The van der Waals surface area contributed by atoms with Crippen LogP contribution in [0.5, 0.6) is 0 Å². The van der Waals surface area contributed by atoms with Crippen LogP contribution in [-0.2, 0) is 14.5 Å². The zero-order chi connectivity index (χ0) is 12.7. The maximum atomic E-state index is 10.2. The van der Waals surface area contributed by atoms with Gasteiger partial charge in [0.15, 0.2) is 0 Å². The number of carbonyl (C=O) groups excluding carboxylic acids is 1. The van der Waals surface area contributed by atoms with Gasteiger partial charge >= 0.3 is 5.97 Å². The van der Waals surface area contributed by atoms with E-state index in [1.807, 2.05) is 41.5 Å². The molecule has 0 saturated heterocycles. The fourth-order valence-electron chi connectivity index (χ4n) is 0.225. The molecule has 0 bridgehead atoms. The highest BCUT2D eigenvalue weighted by atomic mass is 35.5. The van der Waals surface area contributed by atoms with Crippen LogP contribution in [-0.4, -0.2) is 17.1 Å². The molecule has 0 aromatic carbocycles. The minimum absolute atomic E-state index is 0. The molecule has 0 heterocycles. The Balaban J connectivity index is -0.000000214. The first kappa shape index (κ1) is 21.0. The molecule has 0 aliphatic heterocycles. The van der Waals surface area contributed by atoms with Gasteiger partial charge in [-0.25, -0.2) is 5.90 Å². The molecule has 16 heavy (non-hydrogen) atoms. The van der Waals surface area contributed by atoms with E-state index >= 15 is 0 Å². The molecular formula is C10H25ClN2O3. The molecule has 0 fully saturated rings. The third kappa shape index (κ3) is 29.2. The van der Waals surface area contributed by atoms with E-state index < -0.39 is 0 Å². The fourth-order valence-corrected chi connectivity index (χ4v) is 0.225. The molecular weight excluding hydrogens is 232 g/mol. The van der Waals surface area contributed by atoms with Crippen molar-refractivity contribution in [3.8, 4) is 0 Å². The summed E-state index contributed by atoms with van der Waals surface area (Å²) >= 11 is 0. The van der Waals surface area contributed by atoms with Crippen LogP contribution in [0.4, 0.5) is 0 Å². The third-order valence-electron chi connectivity index (χ3n) is 0.854. The SMILES string of the molecule is CC(=O)ONC(C)(C)C.CC(C)(C)ON.Cl. The maximum Gasteiger partial charge on any atom is 0.321 e.